The average Bonchev–Trinajstić information content (AvgIpc) is 2.79. The van der Waals surface area contributed by atoms with Gasteiger partial charge in [0.15, 0.2) is 0 Å². The van der Waals surface area contributed by atoms with Gasteiger partial charge in [0.2, 0.25) is 26.0 Å². The normalized spacial score (nSPS) is 15.1. The van der Waals surface area contributed by atoms with E-state index < -0.39 is 20.0 Å². The van der Waals surface area contributed by atoms with Crippen molar-refractivity contribution in [1.82, 2.24) is 4.31 Å². The molecular formula is C23H31N3O6S2. The minimum Gasteiger partial charge on any atom is -0.379 e. The van der Waals surface area contributed by atoms with E-state index in [1.165, 1.54) is 20.7 Å². The molecule has 0 aliphatic carbocycles. The Morgan fingerprint density at radius 2 is 1.68 bits per heavy atom. The van der Waals surface area contributed by atoms with Crippen LogP contribution < -0.4 is 9.62 Å². The number of ether oxygens (including phenoxy) is 1. The maximum Gasteiger partial charge on any atom is 0.243 e. The highest BCUT2D eigenvalue weighted by Crippen LogP contribution is 2.25. The van der Waals surface area contributed by atoms with Gasteiger partial charge in [0.1, 0.15) is 0 Å². The minimum atomic E-state index is -3.60. The molecule has 0 bridgehead atoms. The lowest BCUT2D eigenvalue weighted by Crippen LogP contribution is -2.40. The molecule has 2 aromatic rings. The first-order chi connectivity index (χ1) is 16.0. The van der Waals surface area contributed by atoms with Crippen LogP contribution in [0.3, 0.4) is 0 Å². The first-order valence-corrected chi connectivity index (χ1v) is 14.3. The Bertz CT molecular complexity index is 1220. The number of aryl methyl sites for hydroxylation is 1. The number of carbonyl (C=O) groups excluding carboxylic acids is 1. The zero-order chi connectivity index (χ0) is 24.9. The molecule has 34 heavy (non-hydrogen) atoms. The minimum absolute atomic E-state index is 0.116. The average molecular weight is 510 g/mol. The van der Waals surface area contributed by atoms with Crippen molar-refractivity contribution in [1.29, 1.82) is 0 Å². The summed E-state index contributed by atoms with van der Waals surface area (Å²) in [4.78, 5) is 12.6. The molecule has 2 aromatic carbocycles. The van der Waals surface area contributed by atoms with E-state index >= 15 is 0 Å². The number of carbonyl (C=O) groups is 1. The smallest absolute Gasteiger partial charge is 0.243 e. The monoisotopic (exact) mass is 509 g/mol. The van der Waals surface area contributed by atoms with Crippen molar-refractivity contribution in [2.24, 2.45) is 0 Å². The van der Waals surface area contributed by atoms with Gasteiger partial charge >= 0.3 is 0 Å². The number of nitrogens with zero attached hydrogens (tertiary/aromatic N) is 2. The van der Waals surface area contributed by atoms with Crippen LogP contribution in [0.25, 0.3) is 0 Å². The maximum atomic E-state index is 12.7. The first kappa shape index (κ1) is 26.1. The van der Waals surface area contributed by atoms with Crippen molar-refractivity contribution >= 4 is 37.3 Å². The van der Waals surface area contributed by atoms with E-state index in [1.54, 1.807) is 18.2 Å². The molecule has 1 heterocycles. The Morgan fingerprint density at radius 1 is 1.03 bits per heavy atom. The summed E-state index contributed by atoms with van der Waals surface area (Å²) in [6, 6.07) is 11.5. The van der Waals surface area contributed by atoms with Crippen LogP contribution in [-0.4, -0.2) is 66.2 Å². The summed E-state index contributed by atoms with van der Waals surface area (Å²) < 4.78 is 58.0. The van der Waals surface area contributed by atoms with Crippen molar-refractivity contribution in [3.8, 4) is 0 Å². The number of rotatable bonds is 9. The first-order valence-electron chi connectivity index (χ1n) is 11.0. The SMILES string of the molecule is Cc1cccc(N(CCCC(=O)Nc2ccc(S(=O)(=O)N3CCOCC3)cc2)S(C)(=O)=O)c1C. The molecule has 1 N–H and O–H groups in total. The lowest BCUT2D eigenvalue weighted by Gasteiger charge is -2.26. The molecule has 1 saturated heterocycles. The third-order valence-electron chi connectivity index (χ3n) is 5.76. The third kappa shape index (κ3) is 6.35. The second-order valence-electron chi connectivity index (χ2n) is 8.25. The molecule has 1 amide bonds. The number of hydrogen-bond acceptors (Lipinski definition) is 6. The highest BCUT2D eigenvalue weighted by molar-refractivity contribution is 7.92. The zero-order valence-electron chi connectivity index (χ0n) is 19.7. The van der Waals surface area contributed by atoms with Gasteiger partial charge in [-0.3, -0.25) is 9.10 Å². The van der Waals surface area contributed by atoms with Gasteiger partial charge in [0, 0.05) is 31.7 Å². The van der Waals surface area contributed by atoms with Crippen LogP contribution in [-0.2, 0) is 29.6 Å². The van der Waals surface area contributed by atoms with E-state index in [-0.39, 0.29) is 23.8 Å². The number of nitrogens with one attached hydrogen (secondary N) is 1. The van der Waals surface area contributed by atoms with E-state index in [1.807, 2.05) is 26.0 Å². The van der Waals surface area contributed by atoms with Gasteiger partial charge in [-0.2, -0.15) is 4.31 Å². The summed E-state index contributed by atoms with van der Waals surface area (Å²) in [5.74, 6) is -0.279. The molecule has 11 heteroatoms. The number of sulfonamides is 2. The van der Waals surface area contributed by atoms with Gasteiger partial charge in [-0.1, -0.05) is 12.1 Å². The summed E-state index contributed by atoms with van der Waals surface area (Å²) in [6.07, 6.45) is 1.60. The van der Waals surface area contributed by atoms with Gasteiger partial charge in [0.25, 0.3) is 0 Å². The molecule has 186 valence electrons. The van der Waals surface area contributed by atoms with Crippen LogP contribution in [0.2, 0.25) is 0 Å². The summed E-state index contributed by atoms with van der Waals surface area (Å²) in [5, 5.41) is 2.74. The zero-order valence-corrected chi connectivity index (χ0v) is 21.3. The maximum absolute atomic E-state index is 12.7. The molecule has 1 aliphatic heterocycles. The molecule has 0 unspecified atom stereocenters. The van der Waals surface area contributed by atoms with Crippen LogP contribution >= 0.6 is 0 Å². The molecule has 1 aliphatic rings. The molecule has 0 radical (unpaired) electrons. The number of anilines is 2. The van der Waals surface area contributed by atoms with E-state index in [0.717, 1.165) is 17.4 Å². The molecule has 1 fully saturated rings. The Balaban J connectivity index is 1.58. The summed E-state index contributed by atoms with van der Waals surface area (Å²) in [6.45, 7) is 5.33. The predicted molar refractivity (Wildman–Crippen MR) is 132 cm³/mol. The number of hydrogen-bond donors (Lipinski definition) is 1. The van der Waals surface area contributed by atoms with Gasteiger partial charge in [-0.25, -0.2) is 16.8 Å². The highest BCUT2D eigenvalue weighted by atomic mass is 32.2. The second kappa shape index (κ2) is 10.9. The Morgan fingerprint density at radius 3 is 2.29 bits per heavy atom. The van der Waals surface area contributed by atoms with E-state index in [0.29, 0.717) is 44.1 Å². The van der Waals surface area contributed by atoms with Gasteiger partial charge in [-0.15, -0.1) is 0 Å². The Hall–Kier alpha value is -2.47. The molecular weight excluding hydrogens is 478 g/mol. The Kier molecular flexibility index (Phi) is 8.34. The summed E-state index contributed by atoms with van der Waals surface area (Å²) >= 11 is 0. The van der Waals surface area contributed by atoms with E-state index in [4.69, 9.17) is 4.74 Å². The topological polar surface area (TPSA) is 113 Å². The van der Waals surface area contributed by atoms with Crippen molar-refractivity contribution < 1.29 is 26.4 Å². The largest absolute Gasteiger partial charge is 0.379 e. The van der Waals surface area contributed by atoms with E-state index in [9.17, 15) is 21.6 Å². The lowest BCUT2D eigenvalue weighted by molar-refractivity contribution is -0.116. The lowest BCUT2D eigenvalue weighted by atomic mass is 10.1. The fraction of sp³-hybridized carbons (Fsp3) is 0.435. The molecule has 9 nitrogen and oxygen atoms in total. The molecule has 0 aromatic heterocycles. The fourth-order valence-electron chi connectivity index (χ4n) is 3.72. The molecule has 0 atom stereocenters. The van der Waals surface area contributed by atoms with Crippen molar-refractivity contribution in [3.05, 3.63) is 53.6 Å². The van der Waals surface area contributed by atoms with Crippen molar-refractivity contribution in [3.63, 3.8) is 0 Å². The number of amides is 1. The van der Waals surface area contributed by atoms with E-state index in [2.05, 4.69) is 5.32 Å². The van der Waals surface area contributed by atoms with Gasteiger partial charge in [0.05, 0.1) is 30.1 Å². The Labute approximate surface area is 201 Å². The van der Waals surface area contributed by atoms with Crippen LogP contribution in [0, 0.1) is 13.8 Å². The standard InChI is InChI=1S/C23H31N3O6S2/c1-18-6-4-7-22(19(18)2)26(33(3,28)29)13-5-8-23(27)24-20-9-11-21(12-10-20)34(30,31)25-14-16-32-17-15-25/h4,6-7,9-12H,5,8,13-17H2,1-3H3,(H,24,27). The predicted octanol–water partition coefficient (Wildman–Crippen LogP) is 2.51. The fourth-order valence-corrected chi connectivity index (χ4v) is 6.15. The van der Waals surface area contributed by atoms with Crippen LogP contribution in [0.5, 0.6) is 0 Å². The molecule has 0 saturated carbocycles. The van der Waals surface area contributed by atoms with Crippen molar-refractivity contribution in [2.75, 3.05) is 48.7 Å². The summed E-state index contributed by atoms with van der Waals surface area (Å²) in [7, 11) is -7.11. The highest BCUT2D eigenvalue weighted by Gasteiger charge is 2.26. The second-order valence-corrected chi connectivity index (χ2v) is 12.1. The van der Waals surface area contributed by atoms with Gasteiger partial charge in [-0.05, 0) is 61.7 Å². The van der Waals surface area contributed by atoms with Crippen molar-refractivity contribution in [2.45, 2.75) is 31.6 Å². The van der Waals surface area contributed by atoms with Crippen LogP contribution in [0.1, 0.15) is 24.0 Å². The third-order valence-corrected chi connectivity index (χ3v) is 8.85. The van der Waals surface area contributed by atoms with Crippen LogP contribution in [0.15, 0.2) is 47.4 Å². The summed E-state index contributed by atoms with van der Waals surface area (Å²) in [5.41, 5.74) is 2.95. The molecule has 3 rings (SSSR count). The van der Waals surface area contributed by atoms with Crippen LogP contribution in [0.4, 0.5) is 11.4 Å². The number of morpholine rings is 1. The quantitative estimate of drug-likeness (QED) is 0.556. The molecule has 0 spiro atoms. The number of benzene rings is 2. The van der Waals surface area contributed by atoms with Gasteiger partial charge < -0.3 is 10.1 Å².